The molecule has 0 bridgehead atoms. The Balaban J connectivity index is 3.01. The molecule has 0 saturated carbocycles. The molecule has 0 amide bonds. The monoisotopic (exact) mass is 402 g/mol. The van der Waals surface area contributed by atoms with Crippen LogP contribution in [0.5, 0.6) is 5.75 Å². The highest BCUT2D eigenvalue weighted by Crippen LogP contribution is 2.33. The highest BCUT2D eigenvalue weighted by Gasteiger charge is 2.20. The van der Waals surface area contributed by atoms with Gasteiger partial charge in [0.2, 0.25) is 5.75 Å². The largest absolute Gasteiger partial charge is 0.482 e. The maximum atomic E-state index is 11.2. The third kappa shape index (κ3) is 4.42. The van der Waals surface area contributed by atoms with Crippen LogP contribution in [-0.4, -0.2) is 24.6 Å². The average Bonchev–Trinajstić information content (AvgIpc) is 2.46. The van der Waals surface area contributed by atoms with Crippen LogP contribution in [0.1, 0.15) is 12.5 Å². The molecule has 1 aromatic carbocycles. The summed E-state index contributed by atoms with van der Waals surface area (Å²) >= 11 is 1.85. The van der Waals surface area contributed by atoms with Crippen molar-refractivity contribution in [2.75, 3.05) is 13.7 Å². The number of nitro groups is 1. The number of benzene rings is 1. The predicted molar refractivity (Wildman–Crippen MR) is 81.8 cm³/mol. The maximum absolute atomic E-state index is 11.2. The van der Waals surface area contributed by atoms with Crippen LogP contribution in [0.2, 0.25) is 0 Å². The van der Waals surface area contributed by atoms with Crippen LogP contribution in [0, 0.1) is 25.0 Å². The Morgan fingerprint density at radius 1 is 1.57 bits per heavy atom. The number of nitriles is 1. The molecule has 0 spiro atoms. The van der Waals surface area contributed by atoms with E-state index < -0.39 is 10.9 Å². The quantitative estimate of drug-likeness (QED) is 0.247. The van der Waals surface area contributed by atoms with Crippen LogP contribution in [0.3, 0.4) is 0 Å². The summed E-state index contributed by atoms with van der Waals surface area (Å²) in [5.41, 5.74) is 0.228. The van der Waals surface area contributed by atoms with Gasteiger partial charge in [0.15, 0.2) is 0 Å². The normalized spacial score (nSPS) is 10.7. The van der Waals surface area contributed by atoms with Gasteiger partial charge in [0.25, 0.3) is 0 Å². The van der Waals surface area contributed by atoms with Gasteiger partial charge in [-0.15, -0.1) is 0 Å². The Morgan fingerprint density at radius 3 is 2.76 bits per heavy atom. The first-order chi connectivity index (χ1) is 9.90. The molecule has 1 rings (SSSR count). The Kier molecular flexibility index (Phi) is 6.10. The number of carbonyl (C=O) groups excluding carboxylic acids is 1. The van der Waals surface area contributed by atoms with E-state index in [1.165, 1.54) is 19.3 Å². The molecular weight excluding hydrogens is 391 g/mol. The van der Waals surface area contributed by atoms with E-state index in [1.807, 2.05) is 28.7 Å². The molecule has 110 valence electrons. The van der Waals surface area contributed by atoms with Gasteiger partial charge >= 0.3 is 11.7 Å². The molecule has 0 N–H and O–H groups in total. The molecule has 0 atom stereocenters. The van der Waals surface area contributed by atoms with Crippen molar-refractivity contribution in [3.8, 4) is 11.8 Å². The minimum atomic E-state index is -0.616. The highest BCUT2D eigenvalue weighted by atomic mass is 127. The number of ether oxygens (including phenoxy) is 2. The number of hydrogen-bond donors (Lipinski definition) is 0. The molecule has 0 aliphatic heterocycles. The number of rotatable bonds is 5. The van der Waals surface area contributed by atoms with Crippen LogP contribution in [-0.2, 0) is 9.53 Å². The predicted octanol–water partition coefficient (Wildman–Crippen LogP) is 2.57. The average molecular weight is 402 g/mol. The van der Waals surface area contributed by atoms with Crippen molar-refractivity contribution in [3.63, 3.8) is 0 Å². The topological polar surface area (TPSA) is 102 Å². The second kappa shape index (κ2) is 7.58. The number of nitro benzene ring substituents is 1. The van der Waals surface area contributed by atoms with E-state index in [4.69, 9.17) is 10.00 Å². The molecule has 1 aromatic rings. The van der Waals surface area contributed by atoms with Gasteiger partial charge in [-0.05, 0) is 41.7 Å². The van der Waals surface area contributed by atoms with Gasteiger partial charge in [0.1, 0.15) is 6.61 Å². The molecular formula is C13H11IN2O5. The van der Waals surface area contributed by atoms with Gasteiger partial charge in [-0.1, -0.05) is 0 Å². The SMILES string of the molecule is COC(=O)C(C)=CCOc1c(I)cc(C#N)cc1[N+](=O)[O-]. The van der Waals surface area contributed by atoms with Crippen LogP contribution in [0.4, 0.5) is 5.69 Å². The van der Waals surface area contributed by atoms with Crippen molar-refractivity contribution in [1.29, 1.82) is 5.26 Å². The first-order valence-electron chi connectivity index (χ1n) is 5.66. The number of nitrogens with zero attached hydrogens (tertiary/aromatic N) is 2. The van der Waals surface area contributed by atoms with Crippen molar-refractivity contribution < 1.29 is 19.2 Å². The Labute approximate surface area is 134 Å². The number of hydrogen-bond acceptors (Lipinski definition) is 6. The van der Waals surface area contributed by atoms with E-state index >= 15 is 0 Å². The Morgan fingerprint density at radius 2 is 2.24 bits per heavy atom. The van der Waals surface area contributed by atoms with Crippen LogP contribution in [0.15, 0.2) is 23.8 Å². The van der Waals surface area contributed by atoms with E-state index in [0.29, 0.717) is 9.14 Å². The number of carbonyl (C=O) groups is 1. The van der Waals surface area contributed by atoms with Crippen molar-refractivity contribution in [2.24, 2.45) is 0 Å². The van der Waals surface area contributed by atoms with Gasteiger partial charge in [-0.25, -0.2) is 4.79 Å². The van der Waals surface area contributed by atoms with Gasteiger partial charge in [0.05, 0.1) is 27.2 Å². The zero-order chi connectivity index (χ0) is 16.0. The first kappa shape index (κ1) is 16.9. The standard InChI is InChI=1S/C13H11IN2O5/c1-8(13(17)20-2)3-4-21-12-10(14)5-9(7-15)6-11(12)16(18)19/h3,5-6H,4H2,1-2H3. The van der Waals surface area contributed by atoms with Crippen LogP contribution >= 0.6 is 22.6 Å². The lowest BCUT2D eigenvalue weighted by Gasteiger charge is -2.07. The summed E-state index contributed by atoms with van der Waals surface area (Å²) in [7, 11) is 1.26. The summed E-state index contributed by atoms with van der Waals surface area (Å²) < 4.78 is 10.3. The van der Waals surface area contributed by atoms with E-state index in [-0.39, 0.29) is 23.6 Å². The highest BCUT2D eigenvalue weighted by molar-refractivity contribution is 14.1. The minimum Gasteiger partial charge on any atom is -0.482 e. The summed E-state index contributed by atoms with van der Waals surface area (Å²) in [6.07, 6.45) is 1.46. The molecule has 7 nitrogen and oxygen atoms in total. The number of esters is 1. The summed E-state index contributed by atoms with van der Waals surface area (Å²) in [5, 5.41) is 19.8. The summed E-state index contributed by atoms with van der Waals surface area (Å²) in [6.45, 7) is 1.52. The maximum Gasteiger partial charge on any atom is 0.333 e. The molecule has 0 radical (unpaired) electrons. The van der Waals surface area contributed by atoms with Crippen LogP contribution < -0.4 is 4.74 Å². The molecule has 0 aliphatic carbocycles. The zero-order valence-corrected chi connectivity index (χ0v) is 13.4. The molecule has 0 unspecified atom stereocenters. The smallest absolute Gasteiger partial charge is 0.333 e. The minimum absolute atomic E-state index is 0.0241. The lowest BCUT2D eigenvalue weighted by Crippen LogP contribution is -2.05. The Bertz CT molecular complexity index is 649. The van der Waals surface area contributed by atoms with E-state index in [9.17, 15) is 14.9 Å². The lowest BCUT2D eigenvalue weighted by molar-refractivity contribution is -0.385. The summed E-state index contributed by atoms with van der Waals surface area (Å²) in [4.78, 5) is 21.6. The Hall–Kier alpha value is -2.15. The summed E-state index contributed by atoms with van der Waals surface area (Å²) in [6, 6.07) is 4.48. The lowest BCUT2D eigenvalue weighted by atomic mass is 10.2. The molecule has 0 aromatic heterocycles. The van der Waals surface area contributed by atoms with Crippen molar-refractivity contribution >= 4 is 34.2 Å². The van der Waals surface area contributed by atoms with E-state index in [2.05, 4.69) is 4.74 Å². The molecule has 0 heterocycles. The second-order valence-corrected chi connectivity index (χ2v) is 5.03. The summed E-state index contributed by atoms with van der Waals surface area (Å²) in [5.74, 6) is -0.434. The van der Waals surface area contributed by atoms with Crippen LogP contribution in [0.25, 0.3) is 0 Å². The van der Waals surface area contributed by atoms with Crippen molar-refractivity contribution in [3.05, 3.63) is 43.0 Å². The third-order valence-corrected chi connectivity index (χ3v) is 3.28. The van der Waals surface area contributed by atoms with Gasteiger partial charge in [-0.2, -0.15) is 5.26 Å². The van der Waals surface area contributed by atoms with E-state index in [1.54, 1.807) is 6.92 Å². The fourth-order valence-electron chi connectivity index (χ4n) is 1.42. The fourth-order valence-corrected chi connectivity index (χ4v) is 2.18. The molecule has 0 saturated heterocycles. The molecule has 21 heavy (non-hydrogen) atoms. The van der Waals surface area contributed by atoms with Gasteiger partial charge < -0.3 is 9.47 Å². The zero-order valence-electron chi connectivity index (χ0n) is 11.3. The molecule has 8 heteroatoms. The number of methoxy groups -OCH3 is 1. The molecule has 0 fully saturated rings. The van der Waals surface area contributed by atoms with Gasteiger partial charge in [0, 0.05) is 11.6 Å². The molecule has 0 aliphatic rings. The van der Waals surface area contributed by atoms with E-state index in [0.717, 1.165) is 6.07 Å². The van der Waals surface area contributed by atoms with Gasteiger partial charge in [-0.3, -0.25) is 10.1 Å². The third-order valence-electron chi connectivity index (χ3n) is 2.47. The first-order valence-corrected chi connectivity index (χ1v) is 6.74. The number of halogens is 1. The van der Waals surface area contributed by atoms with Crippen molar-refractivity contribution in [2.45, 2.75) is 6.92 Å². The fraction of sp³-hybridized carbons (Fsp3) is 0.231. The second-order valence-electron chi connectivity index (χ2n) is 3.86. The van der Waals surface area contributed by atoms with Crippen molar-refractivity contribution in [1.82, 2.24) is 0 Å².